The molecule has 22 heavy (non-hydrogen) atoms. The number of aryl methyl sites for hydroxylation is 1. The van der Waals surface area contributed by atoms with Gasteiger partial charge in [-0.1, -0.05) is 24.3 Å². The number of amides is 1. The molecular formula is C18H22N2O2. The Morgan fingerprint density at radius 2 is 1.91 bits per heavy atom. The van der Waals surface area contributed by atoms with E-state index in [1.54, 1.807) is 0 Å². The minimum atomic E-state index is 0.117. The van der Waals surface area contributed by atoms with Crippen LogP contribution in [-0.2, 0) is 16.0 Å². The lowest BCUT2D eigenvalue weighted by Crippen LogP contribution is -2.48. The maximum Gasteiger partial charge on any atom is 0.223 e. The van der Waals surface area contributed by atoms with E-state index >= 15 is 0 Å². The van der Waals surface area contributed by atoms with Crippen LogP contribution in [0.2, 0.25) is 0 Å². The maximum atomic E-state index is 12.4. The van der Waals surface area contributed by atoms with Gasteiger partial charge in [-0.15, -0.1) is 0 Å². The van der Waals surface area contributed by atoms with E-state index in [2.05, 4.69) is 11.1 Å². The van der Waals surface area contributed by atoms with Crippen LogP contribution in [0.15, 0.2) is 36.4 Å². The van der Waals surface area contributed by atoms with Crippen molar-refractivity contribution in [1.29, 1.82) is 0 Å². The van der Waals surface area contributed by atoms with Gasteiger partial charge in [0.05, 0.1) is 17.7 Å². The number of pyridine rings is 1. The fraction of sp³-hybridized carbons (Fsp3) is 0.444. The van der Waals surface area contributed by atoms with Gasteiger partial charge in [-0.25, -0.2) is 0 Å². The van der Waals surface area contributed by atoms with Crippen LogP contribution in [0, 0.1) is 0 Å². The first kappa shape index (κ1) is 15.0. The first-order chi connectivity index (χ1) is 10.6. The highest BCUT2D eigenvalue weighted by Crippen LogP contribution is 2.15. The summed E-state index contributed by atoms with van der Waals surface area (Å²) in [5, 5.41) is 1.13. The van der Waals surface area contributed by atoms with Gasteiger partial charge in [0, 0.05) is 30.6 Å². The summed E-state index contributed by atoms with van der Waals surface area (Å²) in [4.78, 5) is 18.9. The molecule has 1 aliphatic heterocycles. The van der Waals surface area contributed by atoms with Crippen molar-refractivity contribution in [2.45, 2.75) is 38.9 Å². The minimum Gasteiger partial charge on any atom is -0.372 e. The molecular weight excluding hydrogens is 276 g/mol. The van der Waals surface area contributed by atoms with Crippen molar-refractivity contribution in [3.8, 4) is 0 Å². The van der Waals surface area contributed by atoms with Crippen molar-refractivity contribution in [2.24, 2.45) is 0 Å². The largest absolute Gasteiger partial charge is 0.372 e. The molecule has 0 spiro atoms. The van der Waals surface area contributed by atoms with Crippen molar-refractivity contribution in [3.63, 3.8) is 0 Å². The molecule has 0 aliphatic carbocycles. The van der Waals surface area contributed by atoms with E-state index in [4.69, 9.17) is 4.74 Å². The Kier molecular flexibility index (Phi) is 4.39. The second-order valence-corrected chi connectivity index (χ2v) is 6.05. The molecule has 2 heterocycles. The number of hydrogen-bond donors (Lipinski definition) is 0. The second kappa shape index (κ2) is 6.44. The number of carbonyl (C=O) groups is 1. The van der Waals surface area contributed by atoms with Crippen molar-refractivity contribution < 1.29 is 9.53 Å². The van der Waals surface area contributed by atoms with E-state index in [9.17, 15) is 4.79 Å². The Hall–Kier alpha value is -1.94. The van der Waals surface area contributed by atoms with Crippen molar-refractivity contribution >= 4 is 16.8 Å². The highest BCUT2D eigenvalue weighted by Gasteiger charge is 2.25. The van der Waals surface area contributed by atoms with Crippen LogP contribution in [0.1, 0.15) is 26.0 Å². The lowest BCUT2D eigenvalue weighted by atomic mass is 10.1. The van der Waals surface area contributed by atoms with Gasteiger partial charge in [0.1, 0.15) is 0 Å². The molecule has 1 aromatic heterocycles. The Morgan fingerprint density at radius 3 is 2.68 bits per heavy atom. The van der Waals surface area contributed by atoms with Gasteiger partial charge in [0.2, 0.25) is 5.91 Å². The number of fused-ring (bicyclic) bond motifs is 1. The van der Waals surface area contributed by atoms with Crippen LogP contribution >= 0.6 is 0 Å². The molecule has 0 saturated carbocycles. The van der Waals surface area contributed by atoms with Crippen LogP contribution in [0.25, 0.3) is 10.9 Å². The molecule has 1 aliphatic rings. The molecule has 116 valence electrons. The summed E-state index contributed by atoms with van der Waals surface area (Å²) in [5.74, 6) is 0.192. The highest BCUT2D eigenvalue weighted by molar-refractivity contribution is 5.79. The van der Waals surface area contributed by atoms with Crippen LogP contribution in [0.3, 0.4) is 0 Å². The summed E-state index contributed by atoms with van der Waals surface area (Å²) in [6, 6.07) is 12.1. The first-order valence-corrected chi connectivity index (χ1v) is 7.90. The average molecular weight is 298 g/mol. The third-order valence-corrected chi connectivity index (χ3v) is 4.02. The minimum absolute atomic E-state index is 0.117. The van der Waals surface area contributed by atoms with E-state index < -0.39 is 0 Å². The van der Waals surface area contributed by atoms with Gasteiger partial charge in [-0.2, -0.15) is 0 Å². The standard InChI is InChI=1S/C18H22N2O2/c1-13-11-20(12-14(2)22-13)18(21)10-9-16-8-7-15-5-3-4-6-17(15)19-16/h3-8,13-14H,9-12H2,1-2H3. The maximum absolute atomic E-state index is 12.4. The molecule has 0 bridgehead atoms. The molecule has 0 radical (unpaired) electrons. The number of morpholine rings is 1. The van der Waals surface area contributed by atoms with Gasteiger partial charge < -0.3 is 9.64 Å². The fourth-order valence-corrected chi connectivity index (χ4v) is 3.02. The zero-order chi connectivity index (χ0) is 15.5. The molecule has 3 rings (SSSR count). The number of benzene rings is 1. The number of carbonyl (C=O) groups excluding carboxylic acids is 1. The van der Waals surface area contributed by atoms with Crippen molar-refractivity contribution in [3.05, 3.63) is 42.1 Å². The van der Waals surface area contributed by atoms with E-state index in [1.807, 2.05) is 49.1 Å². The van der Waals surface area contributed by atoms with Gasteiger partial charge in [-0.3, -0.25) is 9.78 Å². The van der Waals surface area contributed by atoms with Crippen LogP contribution in [-0.4, -0.2) is 41.1 Å². The van der Waals surface area contributed by atoms with Gasteiger partial charge in [0.25, 0.3) is 0 Å². The smallest absolute Gasteiger partial charge is 0.223 e. The van der Waals surface area contributed by atoms with E-state index in [0.29, 0.717) is 25.9 Å². The number of para-hydroxylation sites is 1. The normalized spacial score (nSPS) is 22.0. The predicted molar refractivity (Wildman–Crippen MR) is 86.7 cm³/mol. The lowest BCUT2D eigenvalue weighted by Gasteiger charge is -2.35. The van der Waals surface area contributed by atoms with Gasteiger partial charge in [0.15, 0.2) is 0 Å². The molecule has 1 aromatic carbocycles. The number of rotatable bonds is 3. The first-order valence-electron chi connectivity index (χ1n) is 7.90. The molecule has 1 amide bonds. The monoisotopic (exact) mass is 298 g/mol. The molecule has 2 aromatic rings. The fourth-order valence-electron chi connectivity index (χ4n) is 3.02. The van der Waals surface area contributed by atoms with Gasteiger partial charge in [-0.05, 0) is 32.4 Å². The molecule has 4 nitrogen and oxygen atoms in total. The quantitative estimate of drug-likeness (QED) is 0.875. The van der Waals surface area contributed by atoms with Crippen LogP contribution < -0.4 is 0 Å². The number of nitrogens with zero attached hydrogens (tertiary/aromatic N) is 2. The molecule has 0 N–H and O–H groups in total. The van der Waals surface area contributed by atoms with Crippen molar-refractivity contribution in [1.82, 2.24) is 9.88 Å². The van der Waals surface area contributed by atoms with E-state index in [0.717, 1.165) is 16.6 Å². The molecule has 2 atom stereocenters. The summed E-state index contributed by atoms with van der Waals surface area (Å²) in [6.07, 6.45) is 1.42. The second-order valence-electron chi connectivity index (χ2n) is 6.05. The van der Waals surface area contributed by atoms with Gasteiger partial charge >= 0.3 is 0 Å². The molecule has 4 heteroatoms. The van der Waals surface area contributed by atoms with E-state index in [-0.39, 0.29) is 18.1 Å². The van der Waals surface area contributed by atoms with Crippen LogP contribution in [0.5, 0.6) is 0 Å². The zero-order valence-electron chi connectivity index (χ0n) is 13.2. The molecule has 1 fully saturated rings. The van der Waals surface area contributed by atoms with E-state index in [1.165, 1.54) is 0 Å². The van der Waals surface area contributed by atoms with Crippen molar-refractivity contribution in [2.75, 3.05) is 13.1 Å². The summed E-state index contributed by atoms with van der Waals surface area (Å²) in [7, 11) is 0. The Morgan fingerprint density at radius 1 is 1.18 bits per heavy atom. The number of hydrogen-bond acceptors (Lipinski definition) is 3. The number of ether oxygens (including phenoxy) is 1. The Bertz CT molecular complexity index is 661. The summed E-state index contributed by atoms with van der Waals surface area (Å²) >= 11 is 0. The topological polar surface area (TPSA) is 42.4 Å². The predicted octanol–water partition coefficient (Wildman–Crippen LogP) is 2.80. The lowest BCUT2D eigenvalue weighted by molar-refractivity contribution is -0.143. The average Bonchev–Trinajstić information content (AvgIpc) is 2.51. The Labute approximate surface area is 131 Å². The third-order valence-electron chi connectivity index (χ3n) is 4.02. The Balaban J connectivity index is 1.62. The SMILES string of the molecule is CC1CN(C(=O)CCc2ccc3ccccc3n2)CC(C)O1. The third kappa shape index (κ3) is 3.45. The number of aromatic nitrogens is 1. The summed E-state index contributed by atoms with van der Waals surface area (Å²) < 4.78 is 5.67. The zero-order valence-corrected chi connectivity index (χ0v) is 13.2. The molecule has 2 unspecified atom stereocenters. The summed E-state index contributed by atoms with van der Waals surface area (Å²) in [6.45, 7) is 5.41. The molecule has 1 saturated heterocycles. The highest BCUT2D eigenvalue weighted by atomic mass is 16.5. The van der Waals surface area contributed by atoms with Crippen LogP contribution in [0.4, 0.5) is 0 Å². The summed E-state index contributed by atoms with van der Waals surface area (Å²) in [5.41, 5.74) is 1.96.